The fourth-order valence-corrected chi connectivity index (χ4v) is 1.58. The quantitative estimate of drug-likeness (QED) is 0.786. The Labute approximate surface area is 126 Å². The number of rotatable bonds is 3. The lowest BCUT2D eigenvalue weighted by atomic mass is 10.0. The Bertz CT molecular complexity index is 378. The van der Waals surface area contributed by atoms with Gasteiger partial charge in [-0.1, -0.05) is 39.8 Å². The van der Waals surface area contributed by atoms with Crippen LogP contribution in [0.2, 0.25) is 0 Å². The topological polar surface area (TPSA) is 20.3 Å². The van der Waals surface area contributed by atoms with Crippen molar-refractivity contribution >= 4 is 27.6 Å². The van der Waals surface area contributed by atoms with Crippen LogP contribution in [0.1, 0.15) is 40.2 Å². The molecule has 1 amide bonds. The van der Waals surface area contributed by atoms with Crippen LogP contribution in [0, 0.1) is 5.41 Å². The molecule has 1 aromatic rings. The van der Waals surface area contributed by atoms with Crippen molar-refractivity contribution in [2.75, 3.05) is 7.05 Å². The van der Waals surface area contributed by atoms with Gasteiger partial charge in [-0.2, -0.15) is 0 Å². The highest BCUT2D eigenvalue weighted by molar-refractivity contribution is 8.21. The molecular weight excluding hydrogens is 278 g/mol. The summed E-state index contributed by atoms with van der Waals surface area (Å²) in [6, 6.07) is 7.84. The number of hydrogen-bond acceptors (Lipinski definition) is 2. The van der Waals surface area contributed by atoms with Crippen LogP contribution in [0.5, 0.6) is 0 Å². The van der Waals surface area contributed by atoms with Gasteiger partial charge in [0.05, 0.1) is 0 Å². The molecule has 0 unspecified atom stereocenters. The van der Waals surface area contributed by atoms with Crippen molar-refractivity contribution in [2.45, 2.75) is 46.1 Å². The Morgan fingerprint density at radius 1 is 1.21 bits per heavy atom. The van der Waals surface area contributed by atoms with E-state index in [0.717, 1.165) is 10.5 Å². The molecule has 2 nitrogen and oxygen atoms in total. The largest absolute Gasteiger partial charge is 0.342 e. The van der Waals surface area contributed by atoms with Gasteiger partial charge in [-0.05, 0) is 44.8 Å². The zero-order valence-electron chi connectivity index (χ0n) is 12.7. The van der Waals surface area contributed by atoms with E-state index in [2.05, 4.69) is 27.7 Å². The van der Waals surface area contributed by atoms with Gasteiger partial charge in [-0.25, -0.2) is 0 Å². The minimum atomic E-state index is 0.0702. The highest BCUT2D eigenvalue weighted by atomic mass is 35.7. The first kappa shape index (κ1) is 18.3. The zero-order chi connectivity index (χ0) is 15.1. The van der Waals surface area contributed by atoms with Gasteiger partial charge in [0, 0.05) is 25.4 Å². The van der Waals surface area contributed by atoms with Gasteiger partial charge < -0.3 is 4.90 Å². The number of benzene rings is 1. The number of halogens is 1. The average Bonchev–Trinajstić information content (AvgIpc) is 2.27. The summed E-state index contributed by atoms with van der Waals surface area (Å²) in [7, 11) is 8.57. The minimum Gasteiger partial charge on any atom is -0.342 e. The summed E-state index contributed by atoms with van der Waals surface area (Å²) in [4.78, 5) is 13.7. The lowest BCUT2D eigenvalue weighted by Crippen LogP contribution is -2.22. The molecule has 0 saturated carbocycles. The Morgan fingerprint density at radius 3 is 1.95 bits per heavy atom. The summed E-state index contributed by atoms with van der Waals surface area (Å²) < 4.78 is 0. The van der Waals surface area contributed by atoms with Crippen LogP contribution < -0.4 is 0 Å². The van der Waals surface area contributed by atoms with Crippen molar-refractivity contribution < 1.29 is 4.79 Å². The predicted octanol–water partition coefficient (Wildman–Crippen LogP) is 4.96. The van der Waals surface area contributed by atoms with Crippen molar-refractivity contribution in [1.29, 1.82) is 0 Å². The Hall–Kier alpha value is -0.670. The summed E-state index contributed by atoms with van der Waals surface area (Å²) >= 11 is 0. The van der Waals surface area contributed by atoms with Crippen molar-refractivity contribution in [2.24, 2.45) is 5.41 Å². The molecule has 1 aromatic carbocycles. The first-order valence-electron chi connectivity index (χ1n) is 6.22. The molecule has 0 aliphatic carbocycles. The van der Waals surface area contributed by atoms with Gasteiger partial charge in [0.15, 0.2) is 0 Å². The Balaban J connectivity index is 0.000000555. The third kappa shape index (κ3) is 10.9. The maximum atomic E-state index is 11.0. The first-order valence-corrected chi connectivity index (χ1v) is 7.87. The first-order chi connectivity index (χ1) is 8.63. The number of hydrogen-bond donors (Lipinski definition) is 0. The molecule has 0 aliphatic heterocycles. The van der Waals surface area contributed by atoms with Crippen LogP contribution in [-0.4, -0.2) is 17.9 Å². The average molecular weight is 302 g/mol. The molecule has 1 rings (SSSR count). The summed E-state index contributed by atoms with van der Waals surface area (Å²) in [5.41, 5.74) is 1.61. The van der Waals surface area contributed by atoms with E-state index in [9.17, 15) is 4.79 Å². The number of amides is 1. The SMILES string of the molecule is CC(=O)N(C)Cc1ccc(SCl)cc1.CC(C)(C)C. The van der Waals surface area contributed by atoms with Crippen molar-refractivity contribution in [3.05, 3.63) is 29.8 Å². The van der Waals surface area contributed by atoms with Gasteiger partial charge in [-0.15, -0.1) is 0 Å². The lowest BCUT2D eigenvalue weighted by molar-refractivity contribution is -0.128. The van der Waals surface area contributed by atoms with E-state index in [1.54, 1.807) is 18.9 Å². The molecule has 0 aliphatic rings. The summed E-state index contributed by atoms with van der Waals surface area (Å²) in [6.07, 6.45) is 0. The summed E-state index contributed by atoms with van der Waals surface area (Å²) in [5, 5.41) is 0. The van der Waals surface area contributed by atoms with Crippen molar-refractivity contribution in [1.82, 2.24) is 4.90 Å². The molecule has 0 bridgehead atoms. The molecule has 0 radical (unpaired) electrons. The van der Waals surface area contributed by atoms with Gasteiger partial charge in [0.1, 0.15) is 0 Å². The summed E-state index contributed by atoms with van der Waals surface area (Å²) in [5.74, 6) is 0.0702. The molecule has 0 fully saturated rings. The second-order valence-corrected chi connectivity index (χ2v) is 7.18. The van der Waals surface area contributed by atoms with E-state index < -0.39 is 0 Å². The third-order valence-electron chi connectivity index (χ3n) is 1.97. The monoisotopic (exact) mass is 301 g/mol. The number of carbonyl (C=O) groups is 1. The van der Waals surface area contributed by atoms with Gasteiger partial charge in [0.2, 0.25) is 5.91 Å². The van der Waals surface area contributed by atoms with E-state index in [4.69, 9.17) is 10.7 Å². The molecule has 0 aromatic heterocycles. The van der Waals surface area contributed by atoms with Crippen LogP contribution in [0.4, 0.5) is 0 Å². The molecule has 19 heavy (non-hydrogen) atoms. The minimum absolute atomic E-state index is 0.0702. The highest BCUT2D eigenvalue weighted by Gasteiger charge is 2.02. The molecule has 0 saturated heterocycles. The number of carbonyl (C=O) groups excluding carboxylic acids is 1. The van der Waals surface area contributed by atoms with Crippen LogP contribution in [-0.2, 0) is 11.3 Å². The van der Waals surface area contributed by atoms with E-state index in [-0.39, 0.29) is 5.91 Å². The van der Waals surface area contributed by atoms with Crippen LogP contribution in [0.3, 0.4) is 0 Å². The smallest absolute Gasteiger partial charge is 0.219 e. The number of nitrogens with zero attached hydrogens (tertiary/aromatic N) is 1. The molecule has 0 N–H and O–H groups in total. The fourth-order valence-electron chi connectivity index (χ4n) is 1.03. The molecule has 4 heteroatoms. The lowest BCUT2D eigenvalue weighted by Gasteiger charge is -2.14. The normalized spacial score (nSPS) is 10.5. The van der Waals surface area contributed by atoms with Gasteiger partial charge in [-0.3, -0.25) is 4.79 Å². The second-order valence-electron chi connectivity index (χ2n) is 6.10. The van der Waals surface area contributed by atoms with E-state index in [1.165, 1.54) is 11.0 Å². The van der Waals surface area contributed by atoms with E-state index in [0.29, 0.717) is 12.0 Å². The highest BCUT2D eigenvalue weighted by Crippen LogP contribution is 2.21. The Morgan fingerprint density at radius 2 is 1.63 bits per heavy atom. The molecule has 0 spiro atoms. The maximum Gasteiger partial charge on any atom is 0.219 e. The zero-order valence-corrected chi connectivity index (χ0v) is 14.2. The van der Waals surface area contributed by atoms with Crippen LogP contribution >= 0.6 is 21.7 Å². The molecule has 0 heterocycles. The fraction of sp³-hybridized carbons (Fsp3) is 0.533. The summed E-state index contributed by atoms with van der Waals surface area (Å²) in [6.45, 7) is 10.9. The predicted molar refractivity (Wildman–Crippen MR) is 85.4 cm³/mol. The Kier molecular flexibility index (Phi) is 8.19. The van der Waals surface area contributed by atoms with Crippen LogP contribution in [0.15, 0.2) is 29.2 Å². The third-order valence-corrected chi connectivity index (χ3v) is 2.95. The standard InChI is InChI=1S/C10H12ClNOS.C5H12/c1-8(13)12(2)7-9-3-5-10(14-11)6-4-9;1-5(2,3)4/h3-6H,7H2,1-2H3;1-4H3. The van der Waals surface area contributed by atoms with E-state index >= 15 is 0 Å². The molecular formula is C15H24ClNOS. The second kappa shape index (κ2) is 8.49. The van der Waals surface area contributed by atoms with Gasteiger partial charge >= 0.3 is 0 Å². The van der Waals surface area contributed by atoms with E-state index in [1.807, 2.05) is 24.3 Å². The maximum absolute atomic E-state index is 11.0. The molecule has 0 atom stereocenters. The van der Waals surface area contributed by atoms with Gasteiger partial charge in [0.25, 0.3) is 0 Å². The molecule has 108 valence electrons. The van der Waals surface area contributed by atoms with Crippen LogP contribution in [0.25, 0.3) is 0 Å². The van der Waals surface area contributed by atoms with Crippen molar-refractivity contribution in [3.8, 4) is 0 Å². The van der Waals surface area contributed by atoms with Crippen molar-refractivity contribution in [3.63, 3.8) is 0 Å².